The number of hydrogen-bond acceptors (Lipinski definition) is 4. The highest BCUT2D eigenvalue weighted by molar-refractivity contribution is 7.18. The van der Waals surface area contributed by atoms with E-state index in [2.05, 4.69) is 33.5 Å². The molecule has 1 amide bonds. The zero-order valence-corrected chi connectivity index (χ0v) is 19.3. The number of thiophene rings is 1. The van der Waals surface area contributed by atoms with Gasteiger partial charge in [0.25, 0.3) is 5.56 Å². The molecule has 166 valence electrons. The largest absolute Gasteiger partial charge is 0.361 e. The van der Waals surface area contributed by atoms with Gasteiger partial charge in [0.15, 0.2) is 0 Å². The van der Waals surface area contributed by atoms with Crippen LogP contribution in [-0.2, 0) is 11.3 Å². The van der Waals surface area contributed by atoms with E-state index >= 15 is 0 Å². The van der Waals surface area contributed by atoms with E-state index in [1.807, 2.05) is 56.4 Å². The molecule has 5 rings (SSSR count). The molecular weight excluding hydrogens is 432 g/mol. The minimum atomic E-state index is -0.219. The summed E-state index contributed by atoms with van der Waals surface area (Å²) in [5, 5.41) is 4.78. The van der Waals surface area contributed by atoms with Crippen LogP contribution in [0.3, 0.4) is 0 Å². The molecule has 2 N–H and O–H groups in total. The molecule has 0 fully saturated rings. The van der Waals surface area contributed by atoms with E-state index in [9.17, 15) is 9.59 Å². The van der Waals surface area contributed by atoms with Gasteiger partial charge >= 0.3 is 0 Å². The molecule has 6 nitrogen and oxygen atoms in total. The first-order valence-electron chi connectivity index (χ1n) is 10.9. The fraction of sp³-hybridized carbons (Fsp3) is 0.192. The van der Waals surface area contributed by atoms with Crippen molar-refractivity contribution in [2.24, 2.45) is 0 Å². The molecule has 0 aliphatic carbocycles. The fourth-order valence-corrected chi connectivity index (χ4v) is 5.27. The van der Waals surface area contributed by atoms with Crippen molar-refractivity contribution >= 4 is 38.4 Å². The van der Waals surface area contributed by atoms with Gasteiger partial charge in [-0.25, -0.2) is 4.98 Å². The van der Waals surface area contributed by atoms with Gasteiger partial charge in [0.1, 0.15) is 11.4 Å². The second-order valence-electron chi connectivity index (χ2n) is 8.20. The molecule has 3 heterocycles. The molecule has 1 atom stereocenters. The molecule has 0 aliphatic heterocycles. The van der Waals surface area contributed by atoms with Crippen LogP contribution >= 0.6 is 11.3 Å². The van der Waals surface area contributed by atoms with Crippen LogP contribution in [-0.4, -0.2) is 27.0 Å². The predicted molar refractivity (Wildman–Crippen MR) is 133 cm³/mol. The number of amides is 1. The standard InChI is InChI=1S/C26H24N4O2S/c1-16-17(2)33-25-24(16)26(32)30(15-29-25)14-23(31)28-12-20(18-8-4-3-5-9-18)21-13-27-22-11-7-6-10-19(21)22/h3-11,13,15,20,27H,12,14H2,1-2H3,(H,28,31). The third kappa shape index (κ3) is 3.96. The van der Waals surface area contributed by atoms with Gasteiger partial charge < -0.3 is 10.3 Å². The van der Waals surface area contributed by atoms with Crippen molar-refractivity contribution < 1.29 is 4.79 Å². The molecule has 0 saturated carbocycles. The van der Waals surface area contributed by atoms with E-state index in [4.69, 9.17) is 0 Å². The van der Waals surface area contributed by atoms with Gasteiger partial charge in [0.2, 0.25) is 5.91 Å². The Labute approximate surface area is 194 Å². The number of hydrogen-bond donors (Lipinski definition) is 2. The summed E-state index contributed by atoms with van der Waals surface area (Å²) in [5.74, 6) is -0.242. The number of aromatic nitrogens is 3. The molecule has 2 aromatic carbocycles. The third-order valence-electron chi connectivity index (χ3n) is 6.17. The van der Waals surface area contributed by atoms with Crippen molar-refractivity contribution in [1.82, 2.24) is 19.9 Å². The van der Waals surface area contributed by atoms with E-state index in [-0.39, 0.29) is 23.9 Å². The van der Waals surface area contributed by atoms with E-state index in [0.29, 0.717) is 11.9 Å². The van der Waals surface area contributed by atoms with Gasteiger partial charge in [-0.2, -0.15) is 0 Å². The number of nitrogens with one attached hydrogen (secondary N) is 2. The second kappa shape index (κ2) is 8.67. The minimum Gasteiger partial charge on any atom is -0.361 e. The number of nitrogens with zero attached hydrogens (tertiary/aromatic N) is 2. The van der Waals surface area contributed by atoms with Crippen molar-refractivity contribution in [1.29, 1.82) is 0 Å². The summed E-state index contributed by atoms with van der Waals surface area (Å²) >= 11 is 1.50. The summed E-state index contributed by atoms with van der Waals surface area (Å²) in [5.41, 5.74) is 4.07. The Morgan fingerprint density at radius 1 is 1.12 bits per heavy atom. The van der Waals surface area contributed by atoms with Gasteiger partial charge in [0, 0.05) is 34.4 Å². The molecule has 0 bridgehead atoms. The highest BCUT2D eigenvalue weighted by Gasteiger charge is 2.20. The molecule has 7 heteroatoms. The highest BCUT2D eigenvalue weighted by Crippen LogP contribution is 2.30. The van der Waals surface area contributed by atoms with Gasteiger partial charge in [-0.15, -0.1) is 11.3 Å². The predicted octanol–water partition coefficient (Wildman–Crippen LogP) is 4.50. The number of carbonyl (C=O) groups is 1. The second-order valence-corrected chi connectivity index (χ2v) is 9.40. The maximum Gasteiger partial charge on any atom is 0.262 e. The summed E-state index contributed by atoms with van der Waals surface area (Å²) in [7, 11) is 0. The van der Waals surface area contributed by atoms with E-state index in [0.717, 1.165) is 37.3 Å². The van der Waals surface area contributed by atoms with Crippen LogP contribution in [0.2, 0.25) is 0 Å². The molecule has 0 radical (unpaired) electrons. The van der Waals surface area contributed by atoms with Gasteiger partial charge in [0.05, 0.1) is 11.7 Å². The zero-order chi connectivity index (χ0) is 22.9. The fourth-order valence-electron chi connectivity index (χ4n) is 4.28. The number of rotatable bonds is 6. The number of carbonyl (C=O) groups excluding carboxylic acids is 1. The lowest BCUT2D eigenvalue weighted by Gasteiger charge is -2.18. The number of H-pyrrole nitrogens is 1. The molecule has 5 aromatic rings. The highest BCUT2D eigenvalue weighted by atomic mass is 32.1. The summed E-state index contributed by atoms with van der Waals surface area (Å²) < 4.78 is 1.39. The van der Waals surface area contributed by atoms with E-state index in [1.165, 1.54) is 22.2 Å². The smallest absolute Gasteiger partial charge is 0.262 e. The summed E-state index contributed by atoms with van der Waals surface area (Å²) in [4.78, 5) is 35.3. The molecular formula is C26H24N4O2S. The first kappa shape index (κ1) is 21.2. The Morgan fingerprint density at radius 3 is 2.70 bits per heavy atom. The molecule has 0 spiro atoms. The Hall–Kier alpha value is -3.71. The quantitative estimate of drug-likeness (QED) is 0.395. The lowest BCUT2D eigenvalue weighted by Crippen LogP contribution is -2.35. The van der Waals surface area contributed by atoms with Gasteiger partial charge in [-0.3, -0.25) is 14.2 Å². The lowest BCUT2D eigenvalue weighted by molar-refractivity contribution is -0.121. The van der Waals surface area contributed by atoms with Crippen LogP contribution in [0.4, 0.5) is 0 Å². The summed E-state index contributed by atoms with van der Waals surface area (Å²) in [6.07, 6.45) is 3.48. The third-order valence-corrected chi connectivity index (χ3v) is 7.29. The van der Waals surface area contributed by atoms with Crippen molar-refractivity contribution in [3.8, 4) is 0 Å². The van der Waals surface area contributed by atoms with Crippen LogP contribution in [0.5, 0.6) is 0 Å². The number of fused-ring (bicyclic) bond motifs is 2. The SMILES string of the molecule is Cc1sc2ncn(CC(=O)NCC(c3ccccc3)c3c[nH]c4ccccc34)c(=O)c2c1C. The van der Waals surface area contributed by atoms with Gasteiger partial charge in [-0.05, 0) is 36.6 Å². The van der Waals surface area contributed by atoms with Crippen LogP contribution in [0.25, 0.3) is 21.1 Å². The Kier molecular flexibility index (Phi) is 5.56. The van der Waals surface area contributed by atoms with Crippen molar-refractivity contribution in [3.05, 3.63) is 99.0 Å². The minimum absolute atomic E-state index is 0.0228. The van der Waals surface area contributed by atoms with E-state index in [1.54, 1.807) is 0 Å². The summed E-state index contributed by atoms with van der Waals surface area (Å²) in [6, 6.07) is 18.3. The topological polar surface area (TPSA) is 79.8 Å². The molecule has 1 unspecified atom stereocenters. The van der Waals surface area contributed by atoms with Crippen molar-refractivity contribution in [3.63, 3.8) is 0 Å². The van der Waals surface area contributed by atoms with Crippen molar-refractivity contribution in [2.75, 3.05) is 6.54 Å². The maximum absolute atomic E-state index is 12.9. The molecule has 3 aromatic heterocycles. The van der Waals surface area contributed by atoms with Gasteiger partial charge in [-0.1, -0.05) is 48.5 Å². The Morgan fingerprint density at radius 2 is 1.88 bits per heavy atom. The van der Waals surface area contributed by atoms with Crippen LogP contribution in [0.15, 0.2) is 71.9 Å². The first-order chi connectivity index (χ1) is 16.0. The number of benzene rings is 2. The average molecular weight is 457 g/mol. The molecule has 0 aliphatic rings. The Bertz CT molecular complexity index is 1510. The lowest BCUT2D eigenvalue weighted by atomic mass is 9.91. The van der Waals surface area contributed by atoms with E-state index < -0.39 is 0 Å². The van der Waals surface area contributed by atoms with Crippen LogP contribution < -0.4 is 10.9 Å². The van der Waals surface area contributed by atoms with Crippen LogP contribution in [0, 0.1) is 13.8 Å². The number of aryl methyl sites for hydroxylation is 2. The molecule has 0 saturated heterocycles. The number of aromatic amines is 1. The first-order valence-corrected chi connectivity index (χ1v) is 11.7. The Balaban J connectivity index is 1.39. The van der Waals surface area contributed by atoms with Crippen LogP contribution in [0.1, 0.15) is 27.5 Å². The number of para-hydroxylation sites is 1. The zero-order valence-electron chi connectivity index (χ0n) is 18.5. The normalized spacial score (nSPS) is 12.3. The maximum atomic E-state index is 12.9. The molecule has 33 heavy (non-hydrogen) atoms. The average Bonchev–Trinajstić information content (AvgIpc) is 3.38. The summed E-state index contributed by atoms with van der Waals surface area (Å²) in [6.45, 7) is 4.26. The van der Waals surface area contributed by atoms with Crippen molar-refractivity contribution in [2.45, 2.75) is 26.3 Å². The monoisotopic (exact) mass is 456 g/mol.